The molecule has 84 valence electrons. The van der Waals surface area contributed by atoms with Gasteiger partial charge in [-0.05, 0) is 41.3 Å². The van der Waals surface area contributed by atoms with Crippen LogP contribution in [0.1, 0.15) is 17.0 Å². The van der Waals surface area contributed by atoms with Gasteiger partial charge < -0.3 is 0 Å². The molecular weight excluding hydrogens is 264 g/mol. The van der Waals surface area contributed by atoms with Gasteiger partial charge in [0.25, 0.3) is 0 Å². The van der Waals surface area contributed by atoms with Crippen molar-refractivity contribution in [3.8, 4) is 0 Å². The van der Waals surface area contributed by atoms with Gasteiger partial charge in [-0.3, -0.25) is 4.68 Å². The van der Waals surface area contributed by atoms with Gasteiger partial charge in [0.05, 0.1) is 15.9 Å². The zero-order valence-corrected chi connectivity index (χ0v) is 11.2. The first kappa shape index (κ1) is 11.4. The van der Waals surface area contributed by atoms with Gasteiger partial charge in [-0.2, -0.15) is 5.10 Å². The zero-order chi connectivity index (χ0) is 11.5. The Morgan fingerprint density at radius 1 is 1.19 bits per heavy atom. The molecule has 0 bridgehead atoms. The van der Waals surface area contributed by atoms with Crippen molar-refractivity contribution in [2.45, 2.75) is 19.8 Å². The Morgan fingerprint density at radius 2 is 1.88 bits per heavy atom. The monoisotopic (exact) mass is 278 g/mol. The van der Waals surface area contributed by atoms with Crippen molar-refractivity contribution in [1.82, 2.24) is 9.78 Å². The standard InChI is InChI=1S/C13H15BrN2/c1-10-13(14)12(16(2)15-10)9-8-11-6-4-3-5-7-11/h3-7H,8-9H2,1-2H3. The number of aryl methyl sites for hydroxylation is 3. The van der Waals surface area contributed by atoms with Crippen LogP contribution in [0, 0.1) is 6.92 Å². The van der Waals surface area contributed by atoms with E-state index >= 15 is 0 Å². The second-order valence-corrected chi connectivity index (χ2v) is 4.75. The lowest BCUT2D eigenvalue weighted by molar-refractivity contribution is 0.696. The molecule has 0 saturated heterocycles. The molecule has 0 unspecified atom stereocenters. The highest BCUT2D eigenvalue weighted by atomic mass is 79.9. The summed E-state index contributed by atoms with van der Waals surface area (Å²) in [6, 6.07) is 10.5. The van der Waals surface area contributed by atoms with E-state index in [0.717, 1.165) is 23.0 Å². The quantitative estimate of drug-likeness (QED) is 0.843. The molecule has 0 saturated carbocycles. The van der Waals surface area contributed by atoms with Crippen molar-refractivity contribution in [1.29, 1.82) is 0 Å². The van der Waals surface area contributed by atoms with Crippen molar-refractivity contribution in [2.75, 3.05) is 0 Å². The number of halogens is 1. The van der Waals surface area contributed by atoms with E-state index in [1.54, 1.807) is 0 Å². The minimum atomic E-state index is 1.02. The number of hydrogen-bond donors (Lipinski definition) is 0. The third-order valence-electron chi connectivity index (χ3n) is 2.75. The van der Waals surface area contributed by atoms with Crippen molar-refractivity contribution < 1.29 is 0 Å². The summed E-state index contributed by atoms with van der Waals surface area (Å²) < 4.78 is 3.11. The first-order chi connectivity index (χ1) is 7.68. The molecule has 0 aliphatic carbocycles. The Labute approximate surface area is 104 Å². The summed E-state index contributed by atoms with van der Waals surface area (Å²) in [4.78, 5) is 0. The molecule has 2 aromatic rings. The topological polar surface area (TPSA) is 17.8 Å². The lowest BCUT2D eigenvalue weighted by Crippen LogP contribution is -2.00. The van der Waals surface area contributed by atoms with Crippen LogP contribution in [0.15, 0.2) is 34.8 Å². The minimum Gasteiger partial charge on any atom is -0.271 e. The Hall–Kier alpha value is -1.09. The average molecular weight is 279 g/mol. The molecule has 3 heteroatoms. The molecule has 0 amide bonds. The third-order valence-corrected chi connectivity index (χ3v) is 3.79. The molecule has 2 nitrogen and oxygen atoms in total. The van der Waals surface area contributed by atoms with Crippen LogP contribution in [0.3, 0.4) is 0 Å². The largest absolute Gasteiger partial charge is 0.271 e. The van der Waals surface area contributed by atoms with Gasteiger partial charge >= 0.3 is 0 Å². The van der Waals surface area contributed by atoms with Crippen molar-refractivity contribution >= 4 is 15.9 Å². The predicted octanol–water partition coefficient (Wildman–Crippen LogP) is 3.28. The van der Waals surface area contributed by atoms with Crippen molar-refractivity contribution in [2.24, 2.45) is 7.05 Å². The van der Waals surface area contributed by atoms with E-state index in [0.29, 0.717) is 0 Å². The van der Waals surface area contributed by atoms with Crippen LogP contribution in [0.25, 0.3) is 0 Å². The van der Waals surface area contributed by atoms with Crippen LogP contribution >= 0.6 is 15.9 Å². The highest BCUT2D eigenvalue weighted by Gasteiger charge is 2.09. The number of nitrogens with zero attached hydrogens (tertiary/aromatic N) is 2. The molecule has 0 atom stereocenters. The van der Waals surface area contributed by atoms with Gasteiger partial charge in [0.2, 0.25) is 0 Å². The number of aromatic nitrogens is 2. The molecule has 0 spiro atoms. The Balaban J connectivity index is 2.11. The fourth-order valence-corrected chi connectivity index (χ4v) is 2.39. The van der Waals surface area contributed by atoms with E-state index in [2.05, 4.69) is 45.3 Å². The highest BCUT2D eigenvalue weighted by molar-refractivity contribution is 9.10. The Morgan fingerprint density at radius 3 is 2.44 bits per heavy atom. The predicted molar refractivity (Wildman–Crippen MR) is 69.5 cm³/mol. The average Bonchev–Trinajstić information content (AvgIpc) is 2.53. The van der Waals surface area contributed by atoms with E-state index < -0.39 is 0 Å². The molecule has 1 heterocycles. The SMILES string of the molecule is Cc1nn(C)c(CCc2ccccc2)c1Br. The van der Waals surface area contributed by atoms with E-state index in [1.165, 1.54) is 11.3 Å². The first-order valence-electron chi connectivity index (χ1n) is 5.40. The molecule has 2 rings (SSSR count). The molecule has 0 radical (unpaired) electrons. The highest BCUT2D eigenvalue weighted by Crippen LogP contribution is 2.21. The van der Waals surface area contributed by atoms with E-state index in [9.17, 15) is 0 Å². The zero-order valence-electron chi connectivity index (χ0n) is 9.57. The number of benzene rings is 1. The molecule has 0 aliphatic rings. The van der Waals surface area contributed by atoms with E-state index in [-0.39, 0.29) is 0 Å². The first-order valence-corrected chi connectivity index (χ1v) is 6.19. The lowest BCUT2D eigenvalue weighted by Gasteiger charge is -2.03. The fourth-order valence-electron chi connectivity index (χ4n) is 1.86. The van der Waals surface area contributed by atoms with Gasteiger partial charge in [0.1, 0.15) is 0 Å². The second-order valence-electron chi connectivity index (χ2n) is 3.96. The fraction of sp³-hybridized carbons (Fsp3) is 0.308. The van der Waals surface area contributed by atoms with Crippen LogP contribution in [0.5, 0.6) is 0 Å². The van der Waals surface area contributed by atoms with Gasteiger partial charge in [0.15, 0.2) is 0 Å². The van der Waals surface area contributed by atoms with Crippen LogP contribution in [0.4, 0.5) is 0 Å². The van der Waals surface area contributed by atoms with Crippen LogP contribution < -0.4 is 0 Å². The molecular formula is C13H15BrN2. The maximum atomic E-state index is 4.39. The van der Waals surface area contributed by atoms with Crippen LogP contribution in [-0.4, -0.2) is 9.78 Å². The summed E-state index contributed by atoms with van der Waals surface area (Å²) in [6.07, 6.45) is 2.07. The molecule has 0 aliphatic heterocycles. The Kier molecular flexibility index (Phi) is 3.44. The summed E-state index contributed by atoms with van der Waals surface area (Å²) >= 11 is 3.59. The molecule has 0 fully saturated rings. The van der Waals surface area contributed by atoms with Gasteiger partial charge in [0, 0.05) is 7.05 Å². The Bertz CT molecular complexity index is 474. The van der Waals surface area contributed by atoms with E-state index in [4.69, 9.17) is 0 Å². The van der Waals surface area contributed by atoms with Crippen LogP contribution in [-0.2, 0) is 19.9 Å². The second kappa shape index (κ2) is 4.83. The molecule has 0 N–H and O–H groups in total. The molecule has 16 heavy (non-hydrogen) atoms. The van der Waals surface area contributed by atoms with Crippen molar-refractivity contribution in [3.63, 3.8) is 0 Å². The maximum absolute atomic E-state index is 4.39. The summed E-state index contributed by atoms with van der Waals surface area (Å²) in [6.45, 7) is 2.02. The molecule has 1 aromatic heterocycles. The summed E-state index contributed by atoms with van der Waals surface area (Å²) in [5, 5.41) is 4.39. The van der Waals surface area contributed by atoms with Gasteiger partial charge in [-0.25, -0.2) is 0 Å². The summed E-state index contributed by atoms with van der Waals surface area (Å²) in [5.41, 5.74) is 3.69. The number of hydrogen-bond acceptors (Lipinski definition) is 1. The van der Waals surface area contributed by atoms with Crippen LogP contribution in [0.2, 0.25) is 0 Å². The molecule has 1 aromatic carbocycles. The number of rotatable bonds is 3. The van der Waals surface area contributed by atoms with Gasteiger partial charge in [-0.1, -0.05) is 30.3 Å². The summed E-state index contributed by atoms with van der Waals surface area (Å²) in [5.74, 6) is 0. The lowest BCUT2D eigenvalue weighted by atomic mass is 10.1. The van der Waals surface area contributed by atoms with E-state index in [1.807, 2.05) is 24.7 Å². The smallest absolute Gasteiger partial charge is 0.0738 e. The summed E-state index contributed by atoms with van der Waals surface area (Å²) in [7, 11) is 2.00. The maximum Gasteiger partial charge on any atom is 0.0738 e. The van der Waals surface area contributed by atoms with Gasteiger partial charge in [-0.15, -0.1) is 0 Å². The normalized spacial score (nSPS) is 10.7. The van der Waals surface area contributed by atoms with Crippen molar-refractivity contribution in [3.05, 3.63) is 51.8 Å². The third kappa shape index (κ3) is 2.35. The minimum absolute atomic E-state index is 1.02.